The first-order valence-electron chi connectivity index (χ1n) is 9.97. The number of hydrogen-bond acceptors (Lipinski definition) is 5. The normalized spacial score (nSPS) is 20.5. The number of likely N-dealkylation sites (tertiary alicyclic amines) is 1. The monoisotopic (exact) mass is 362 g/mol. The van der Waals surface area contributed by atoms with Gasteiger partial charge < -0.3 is 19.3 Å². The number of hydrogen-bond donors (Lipinski definition) is 0. The molecule has 1 fully saturated rings. The molecule has 1 amide bonds. The zero-order valence-electron chi connectivity index (χ0n) is 17.0. The van der Waals surface area contributed by atoms with Crippen molar-refractivity contribution in [3.8, 4) is 0 Å². The smallest absolute Gasteiger partial charge is 0.291 e. The van der Waals surface area contributed by atoms with Crippen molar-refractivity contribution in [3.05, 3.63) is 11.6 Å². The topological polar surface area (TPSA) is 57.5 Å². The van der Waals surface area contributed by atoms with Crippen LogP contribution in [0.4, 0.5) is 0 Å². The molecule has 0 aliphatic carbocycles. The second-order valence-electron chi connectivity index (χ2n) is 8.32. The third-order valence-electron chi connectivity index (χ3n) is 6.43. The molecule has 2 aliphatic heterocycles. The molecule has 0 N–H and O–H groups in total. The highest BCUT2D eigenvalue weighted by molar-refractivity contribution is 5.91. The van der Waals surface area contributed by atoms with Crippen LogP contribution < -0.4 is 0 Å². The predicted octanol–water partition coefficient (Wildman–Crippen LogP) is 1.45. The molecule has 1 aromatic rings. The fourth-order valence-electron chi connectivity index (χ4n) is 4.21. The molecule has 3 rings (SSSR count). The summed E-state index contributed by atoms with van der Waals surface area (Å²) < 4.78 is 2.21. The van der Waals surface area contributed by atoms with Crippen molar-refractivity contribution in [1.82, 2.24) is 29.5 Å². The number of nitrogens with zero attached hydrogens (tertiary/aromatic N) is 6. The first-order chi connectivity index (χ1) is 12.4. The van der Waals surface area contributed by atoms with Crippen molar-refractivity contribution in [2.75, 3.05) is 47.3 Å². The lowest BCUT2D eigenvalue weighted by Crippen LogP contribution is -2.47. The minimum Gasteiger partial charge on any atom is -0.336 e. The molecular weight excluding hydrogens is 328 g/mol. The number of carbonyl (C=O) groups is 1. The first kappa shape index (κ1) is 19.3. The van der Waals surface area contributed by atoms with Gasteiger partial charge in [-0.2, -0.15) is 0 Å². The maximum Gasteiger partial charge on any atom is 0.291 e. The molecule has 0 bridgehead atoms. The summed E-state index contributed by atoms with van der Waals surface area (Å²) in [6.45, 7) is 8.56. The van der Waals surface area contributed by atoms with E-state index in [0.717, 1.165) is 64.1 Å². The standard InChI is InChI=1S/C19H34N6O/c1-6-15(2)23(5)18(26)17-21-20-16-7-8-19(25(16)17)9-11-24(12-10-19)14-13-22(3)4/h15H,6-14H2,1-5H3/t15-/m0/s1. The van der Waals surface area contributed by atoms with Crippen molar-refractivity contribution >= 4 is 5.91 Å². The highest BCUT2D eigenvalue weighted by Crippen LogP contribution is 2.41. The molecule has 1 atom stereocenters. The lowest BCUT2D eigenvalue weighted by atomic mass is 9.85. The molecule has 26 heavy (non-hydrogen) atoms. The number of aryl methyl sites for hydroxylation is 1. The van der Waals surface area contributed by atoms with Gasteiger partial charge in [-0.3, -0.25) is 4.79 Å². The molecule has 0 unspecified atom stereocenters. The Morgan fingerprint density at radius 3 is 2.50 bits per heavy atom. The van der Waals surface area contributed by atoms with Crippen molar-refractivity contribution in [1.29, 1.82) is 0 Å². The molecule has 7 nitrogen and oxygen atoms in total. The molecule has 1 spiro atoms. The van der Waals surface area contributed by atoms with E-state index in [0.29, 0.717) is 5.82 Å². The Morgan fingerprint density at radius 2 is 1.88 bits per heavy atom. The van der Waals surface area contributed by atoms with Crippen LogP contribution in [-0.4, -0.2) is 88.7 Å². The van der Waals surface area contributed by atoms with Gasteiger partial charge in [0.25, 0.3) is 5.91 Å². The number of piperidine rings is 1. The zero-order valence-corrected chi connectivity index (χ0v) is 17.0. The first-order valence-corrected chi connectivity index (χ1v) is 9.97. The summed E-state index contributed by atoms with van der Waals surface area (Å²) in [7, 11) is 6.12. The van der Waals surface area contributed by atoms with Crippen LogP contribution in [0.25, 0.3) is 0 Å². The van der Waals surface area contributed by atoms with Crippen LogP contribution in [0.5, 0.6) is 0 Å². The molecule has 0 radical (unpaired) electrons. The van der Waals surface area contributed by atoms with E-state index in [1.54, 1.807) is 0 Å². The summed E-state index contributed by atoms with van der Waals surface area (Å²) in [5.41, 5.74) is 0.0364. The quantitative estimate of drug-likeness (QED) is 0.767. The second-order valence-corrected chi connectivity index (χ2v) is 8.32. The summed E-state index contributed by atoms with van der Waals surface area (Å²) >= 11 is 0. The van der Waals surface area contributed by atoms with Gasteiger partial charge in [-0.15, -0.1) is 10.2 Å². The number of fused-ring (bicyclic) bond motifs is 2. The highest BCUT2D eigenvalue weighted by Gasteiger charge is 2.45. The summed E-state index contributed by atoms with van der Waals surface area (Å²) in [4.78, 5) is 19.6. The van der Waals surface area contributed by atoms with Gasteiger partial charge in [0.05, 0.1) is 5.54 Å². The van der Waals surface area contributed by atoms with Gasteiger partial charge in [0.2, 0.25) is 5.82 Å². The molecule has 2 aliphatic rings. The molecule has 7 heteroatoms. The minimum absolute atomic E-state index is 0.00872. The summed E-state index contributed by atoms with van der Waals surface area (Å²) in [5, 5.41) is 8.66. The Hall–Kier alpha value is -1.47. The minimum atomic E-state index is 0.00872. The fraction of sp³-hybridized carbons (Fsp3) is 0.842. The van der Waals surface area contributed by atoms with E-state index in [2.05, 4.69) is 52.5 Å². The predicted molar refractivity (Wildman–Crippen MR) is 102 cm³/mol. The van der Waals surface area contributed by atoms with Gasteiger partial charge in [-0.25, -0.2) is 0 Å². The van der Waals surface area contributed by atoms with Crippen LogP contribution in [0, 0.1) is 0 Å². The molecule has 0 aromatic carbocycles. The number of amides is 1. The molecule has 0 saturated carbocycles. The van der Waals surface area contributed by atoms with Gasteiger partial charge >= 0.3 is 0 Å². The summed E-state index contributed by atoms with van der Waals surface area (Å²) in [5.74, 6) is 1.55. The van der Waals surface area contributed by atoms with E-state index in [4.69, 9.17) is 0 Å². The van der Waals surface area contributed by atoms with Crippen LogP contribution in [0.2, 0.25) is 0 Å². The lowest BCUT2D eigenvalue weighted by molar-refractivity contribution is 0.0685. The van der Waals surface area contributed by atoms with Gasteiger partial charge in [-0.05, 0) is 46.7 Å². The van der Waals surface area contributed by atoms with E-state index >= 15 is 0 Å². The average Bonchev–Trinajstić information content (AvgIpc) is 3.21. The third-order valence-corrected chi connectivity index (χ3v) is 6.43. The lowest BCUT2D eigenvalue weighted by Gasteiger charge is -2.41. The second kappa shape index (κ2) is 7.64. The number of aromatic nitrogens is 3. The number of carbonyl (C=O) groups excluding carboxylic acids is 1. The number of likely N-dealkylation sites (N-methyl/N-ethyl adjacent to an activating group) is 1. The van der Waals surface area contributed by atoms with E-state index < -0.39 is 0 Å². The van der Waals surface area contributed by atoms with Crippen molar-refractivity contribution in [3.63, 3.8) is 0 Å². The Kier molecular flexibility index (Phi) is 5.67. The highest BCUT2D eigenvalue weighted by atomic mass is 16.2. The fourth-order valence-corrected chi connectivity index (χ4v) is 4.21. The maximum absolute atomic E-state index is 13.0. The van der Waals surface area contributed by atoms with Crippen LogP contribution in [0.3, 0.4) is 0 Å². The summed E-state index contributed by atoms with van der Waals surface area (Å²) in [6, 6.07) is 0.209. The Balaban J connectivity index is 1.76. The summed E-state index contributed by atoms with van der Waals surface area (Å²) in [6.07, 6.45) is 5.13. The van der Waals surface area contributed by atoms with Gasteiger partial charge in [0.1, 0.15) is 5.82 Å². The van der Waals surface area contributed by atoms with Gasteiger partial charge in [0, 0.05) is 45.7 Å². The van der Waals surface area contributed by atoms with Crippen LogP contribution in [-0.2, 0) is 12.0 Å². The van der Waals surface area contributed by atoms with E-state index in [-0.39, 0.29) is 17.5 Å². The van der Waals surface area contributed by atoms with Crippen molar-refractivity contribution < 1.29 is 4.79 Å². The van der Waals surface area contributed by atoms with E-state index in [1.807, 2.05) is 11.9 Å². The largest absolute Gasteiger partial charge is 0.336 e. The molecule has 1 aromatic heterocycles. The zero-order chi connectivity index (χ0) is 18.9. The van der Waals surface area contributed by atoms with Crippen molar-refractivity contribution in [2.45, 2.75) is 57.5 Å². The van der Waals surface area contributed by atoms with Crippen molar-refractivity contribution in [2.24, 2.45) is 0 Å². The van der Waals surface area contributed by atoms with E-state index in [1.165, 1.54) is 0 Å². The van der Waals surface area contributed by atoms with Crippen LogP contribution in [0.15, 0.2) is 0 Å². The molecular formula is C19H34N6O. The van der Waals surface area contributed by atoms with Crippen LogP contribution >= 0.6 is 0 Å². The molecule has 146 valence electrons. The Morgan fingerprint density at radius 1 is 1.19 bits per heavy atom. The van der Waals surface area contributed by atoms with E-state index in [9.17, 15) is 4.79 Å². The Labute approximate surface area is 157 Å². The van der Waals surface area contributed by atoms with Gasteiger partial charge in [-0.1, -0.05) is 6.92 Å². The van der Waals surface area contributed by atoms with Gasteiger partial charge in [0.15, 0.2) is 0 Å². The number of rotatable bonds is 6. The molecule has 1 saturated heterocycles. The SMILES string of the molecule is CC[C@H](C)N(C)C(=O)c1nnc2n1C1(CC2)CCN(CCN(C)C)CC1. The van der Waals surface area contributed by atoms with Crippen LogP contribution in [0.1, 0.15) is 56.0 Å². The Bertz CT molecular complexity index is 632. The maximum atomic E-state index is 13.0. The molecule has 3 heterocycles. The third kappa shape index (κ3) is 3.51. The average molecular weight is 363 g/mol.